The first-order chi connectivity index (χ1) is 8.66. The average Bonchev–Trinajstić information content (AvgIpc) is 1.94. The predicted molar refractivity (Wildman–Crippen MR) is 16.3 cm³/mol. The third kappa shape index (κ3) is 792. The maximum absolute atomic E-state index is 8.60. The molecule has 0 aromatic heterocycles. The van der Waals surface area contributed by atoms with E-state index >= 15 is 0 Å². The van der Waals surface area contributed by atoms with Gasteiger partial charge >= 0.3 is 222 Å². The van der Waals surface area contributed by atoms with Gasteiger partial charge in [-0.1, -0.05) is 0 Å². The second-order valence-corrected chi connectivity index (χ2v) is 5.74. The summed E-state index contributed by atoms with van der Waals surface area (Å²) in [7, 11) is 0. The molecule has 15 nitrogen and oxygen atoms in total. The molecule has 0 spiro atoms. The molecule has 0 fully saturated rings. The maximum Gasteiger partial charge on any atom is 4.00 e. The van der Waals surface area contributed by atoms with Crippen LogP contribution < -0.4 is 29.4 Å². The van der Waals surface area contributed by atoms with Crippen molar-refractivity contribution in [1.82, 2.24) is 0 Å². The number of rotatable bonds is 0. The van der Waals surface area contributed by atoms with Crippen LogP contribution in [0.4, 0.5) is 0 Å². The van der Waals surface area contributed by atoms with Crippen molar-refractivity contribution >= 4 is 50.4 Å². The Morgan fingerprint density at radius 1 is 0.565 bits per heavy atom. The van der Waals surface area contributed by atoms with Crippen molar-refractivity contribution in [2.45, 2.75) is 0 Å². The monoisotopic (exact) mass is 891 g/mol. The molecular formula is MgNb2O15PbTi3Zr. The summed E-state index contributed by atoms with van der Waals surface area (Å²) in [6.45, 7) is 0. The normalized spacial score (nSPS) is 5.57. The van der Waals surface area contributed by atoms with E-state index in [-0.39, 0.29) is 76.6 Å². The first-order valence-electron chi connectivity index (χ1n) is 2.93. The standard InChI is InChI=1S/Mg.2Nb.15O.Pb.3Ti.Zr/q+2;;;;;;;;;;8*-1;+2;;;;+4. The summed E-state index contributed by atoms with van der Waals surface area (Å²) in [5.41, 5.74) is 0. The molecule has 0 atom stereocenters. The van der Waals surface area contributed by atoms with Gasteiger partial charge < -0.3 is 0 Å². The minimum atomic E-state index is -4.20. The van der Waals surface area contributed by atoms with Crippen LogP contribution in [0.25, 0.3) is 0 Å². The van der Waals surface area contributed by atoms with Gasteiger partial charge in [0.25, 0.3) is 0 Å². The van der Waals surface area contributed by atoms with Crippen LogP contribution in [0.5, 0.6) is 0 Å². The van der Waals surface area contributed by atoms with Crippen LogP contribution in [-0.2, 0) is 143 Å². The number of hydrogen-bond donors (Lipinski definition) is 0. The molecule has 0 aliphatic rings. The third-order valence-corrected chi connectivity index (χ3v) is 0. The summed E-state index contributed by atoms with van der Waals surface area (Å²) >= 11 is -20.6. The van der Waals surface area contributed by atoms with Gasteiger partial charge in [0.1, 0.15) is 0 Å². The van der Waals surface area contributed by atoms with Crippen LogP contribution in [0, 0.1) is 0 Å². The molecule has 0 heterocycles. The van der Waals surface area contributed by atoms with Crippen molar-refractivity contribution in [2.24, 2.45) is 0 Å². The van der Waals surface area contributed by atoms with Gasteiger partial charge in [-0.3, -0.25) is 0 Å². The molecule has 122 valence electrons. The molecule has 0 aliphatic heterocycles. The molecule has 0 N–H and O–H groups in total. The van der Waals surface area contributed by atoms with E-state index in [1.165, 1.54) is 0 Å². The van der Waals surface area contributed by atoms with Crippen LogP contribution in [0.2, 0.25) is 0 Å². The maximum atomic E-state index is 8.60. The Balaban J connectivity index is -0.0000000197. The smallest absolute Gasteiger partial charge is 2.00 e. The summed E-state index contributed by atoms with van der Waals surface area (Å²) < 4.78 is 129. The molecule has 0 saturated carbocycles. The summed E-state index contributed by atoms with van der Waals surface area (Å²) in [6.07, 6.45) is 0. The SMILES string of the molecule is [Mg+2].[O]=[Nb](=[O])[O-].[O]=[Nb](=[O])[O-].[O]=[Ti]([O-])[O-].[O]=[Ti]([O-])[O-].[O]=[Ti]([O-])[O-].[Pb+2].[Zr+4]. The Morgan fingerprint density at radius 3 is 0.565 bits per heavy atom. The van der Waals surface area contributed by atoms with Gasteiger partial charge in [0.2, 0.25) is 0 Å². The van der Waals surface area contributed by atoms with E-state index in [9.17, 15) is 0 Å². The van der Waals surface area contributed by atoms with E-state index in [0.29, 0.717) is 0 Å². The van der Waals surface area contributed by atoms with Crippen molar-refractivity contribution in [3.05, 3.63) is 0 Å². The molecule has 0 aliphatic carbocycles. The first kappa shape index (κ1) is 50.8. The molecule has 0 amide bonds. The zero-order valence-corrected chi connectivity index (χ0v) is 27.1. The Labute approximate surface area is 217 Å². The van der Waals surface area contributed by atoms with Crippen molar-refractivity contribution in [1.29, 1.82) is 0 Å². The second-order valence-electron chi connectivity index (χ2n) is 1.20. The zero-order chi connectivity index (χ0) is 17.9. The molecule has 0 aromatic rings. The van der Waals surface area contributed by atoms with Crippen molar-refractivity contribution < 1.29 is 172 Å². The van der Waals surface area contributed by atoms with Gasteiger partial charge in [-0.05, 0) is 0 Å². The largest absolute Gasteiger partial charge is 4.00 e. The Kier molecular flexibility index (Phi) is 100. The van der Waals surface area contributed by atoms with E-state index in [2.05, 4.69) is 0 Å². The molecule has 0 aromatic carbocycles. The van der Waals surface area contributed by atoms with Crippen LogP contribution in [0.3, 0.4) is 0 Å². The fraction of sp³-hybridized carbons (Fsp3) is 0. The van der Waals surface area contributed by atoms with E-state index in [0.717, 1.165) is 0 Å². The molecule has 0 saturated heterocycles. The van der Waals surface area contributed by atoms with Gasteiger partial charge in [-0.25, -0.2) is 0 Å². The van der Waals surface area contributed by atoms with Gasteiger partial charge in [-0.2, -0.15) is 0 Å². The van der Waals surface area contributed by atoms with Crippen LogP contribution in [0.15, 0.2) is 0 Å². The average molecular weight is 892 g/mol. The summed E-state index contributed by atoms with van der Waals surface area (Å²) in [5, 5.41) is 0. The minimum Gasteiger partial charge on any atom is 2.00 e. The molecular weight excluding hydrogens is 892 g/mol. The molecule has 0 unspecified atom stereocenters. The predicted octanol–water partition coefficient (Wildman–Crippen LogP) is -11.1. The van der Waals surface area contributed by atoms with Gasteiger partial charge in [-0.15, -0.1) is 0 Å². The summed E-state index contributed by atoms with van der Waals surface area (Å²) in [4.78, 5) is 0. The molecule has 23 heteroatoms. The van der Waals surface area contributed by atoms with Crippen molar-refractivity contribution in [2.75, 3.05) is 0 Å². The molecule has 2 radical (unpaired) electrons. The molecule has 0 bridgehead atoms. The van der Waals surface area contributed by atoms with Gasteiger partial charge in [0.05, 0.1) is 0 Å². The van der Waals surface area contributed by atoms with Crippen LogP contribution >= 0.6 is 0 Å². The minimum absolute atomic E-state index is 0. The van der Waals surface area contributed by atoms with Gasteiger partial charge in [0, 0.05) is 0 Å². The molecule has 0 rings (SSSR count). The van der Waals surface area contributed by atoms with Crippen LogP contribution in [-0.4, -0.2) is 50.4 Å². The Morgan fingerprint density at radius 2 is 0.565 bits per heavy atom. The van der Waals surface area contributed by atoms with E-state index in [1.807, 2.05) is 0 Å². The summed E-state index contributed by atoms with van der Waals surface area (Å²) in [5.74, 6) is 0. The second kappa shape index (κ2) is 45.3. The topological polar surface area (TPSA) is 304 Å². The Bertz CT molecular complexity index is 329. The van der Waals surface area contributed by atoms with E-state index < -0.39 is 93.4 Å². The van der Waals surface area contributed by atoms with Crippen LogP contribution in [0.1, 0.15) is 0 Å². The first-order valence-corrected chi connectivity index (χ1v) is 14.1. The fourth-order valence-electron chi connectivity index (χ4n) is 0. The Hall–Kier alpha value is 4.47. The zero-order valence-electron chi connectivity index (χ0n) is 10.2. The third-order valence-electron chi connectivity index (χ3n) is 0. The van der Waals surface area contributed by atoms with Crippen molar-refractivity contribution in [3.8, 4) is 0 Å². The number of hydrogen-bond acceptors (Lipinski definition) is 15. The summed E-state index contributed by atoms with van der Waals surface area (Å²) in [6, 6.07) is 0. The van der Waals surface area contributed by atoms with E-state index in [4.69, 9.17) is 52.3 Å². The van der Waals surface area contributed by atoms with E-state index in [1.54, 1.807) is 0 Å². The molecule has 23 heavy (non-hydrogen) atoms. The fourth-order valence-corrected chi connectivity index (χ4v) is 0. The quantitative estimate of drug-likeness (QED) is 0.204. The van der Waals surface area contributed by atoms with Gasteiger partial charge in [0.15, 0.2) is 0 Å². The van der Waals surface area contributed by atoms with Crippen molar-refractivity contribution in [3.63, 3.8) is 0 Å².